The van der Waals surface area contributed by atoms with Gasteiger partial charge < -0.3 is 10.7 Å². The number of nitrogens with two attached hydrogens (primary N) is 1. The van der Waals surface area contributed by atoms with Crippen LogP contribution in [0, 0.1) is 5.82 Å². The topological polar surface area (TPSA) is 54.7 Å². The Balaban J connectivity index is 1.56. The summed E-state index contributed by atoms with van der Waals surface area (Å²) in [5, 5.41) is 0.865. The molecule has 3 nitrogen and oxygen atoms in total. The summed E-state index contributed by atoms with van der Waals surface area (Å²) >= 11 is 3.14. The molecule has 0 saturated heterocycles. The van der Waals surface area contributed by atoms with Crippen molar-refractivity contribution < 1.29 is 4.39 Å². The maximum atomic E-state index is 13.5. The molecule has 0 atom stereocenters. The first-order chi connectivity index (χ1) is 10.2. The van der Waals surface area contributed by atoms with Crippen molar-refractivity contribution in [1.82, 2.24) is 9.97 Å². The molecule has 0 aliphatic heterocycles. The average molecular weight is 319 g/mol. The highest BCUT2D eigenvalue weighted by Crippen LogP contribution is 2.25. The second kappa shape index (κ2) is 6.41. The lowest BCUT2D eigenvalue weighted by Gasteiger charge is -2.01. The lowest BCUT2D eigenvalue weighted by atomic mass is 10.3. The molecule has 0 spiro atoms. The number of hydrogen-bond donors (Lipinski definition) is 2. The normalized spacial score (nSPS) is 11.1. The molecule has 0 radical (unpaired) electrons. The van der Waals surface area contributed by atoms with Crippen LogP contribution in [0.25, 0.3) is 11.0 Å². The van der Waals surface area contributed by atoms with Crippen molar-refractivity contribution >= 4 is 40.2 Å². The number of thioether (sulfide) groups is 2. The van der Waals surface area contributed by atoms with Crippen LogP contribution in [0.5, 0.6) is 0 Å². The van der Waals surface area contributed by atoms with Gasteiger partial charge in [-0.1, -0.05) is 23.9 Å². The van der Waals surface area contributed by atoms with Gasteiger partial charge in [0.15, 0.2) is 5.16 Å². The van der Waals surface area contributed by atoms with Gasteiger partial charge in [0, 0.05) is 22.1 Å². The Bertz CT molecular complexity index is 758. The van der Waals surface area contributed by atoms with Gasteiger partial charge >= 0.3 is 0 Å². The fourth-order valence-corrected chi connectivity index (χ4v) is 3.73. The van der Waals surface area contributed by atoms with E-state index in [9.17, 15) is 4.39 Å². The standard InChI is InChI=1S/C15H14FN3S2/c16-11-3-1-2-4-14(11)20-7-8-21-15-18-12-6-5-10(17)9-13(12)19-15/h1-6,9H,7-8,17H2,(H,18,19). The van der Waals surface area contributed by atoms with E-state index < -0.39 is 0 Å². The molecule has 2 aromatic carbocycles. The lowest BCUT2D eigenvalue weighted by molar-refractivity contribution is 0.602. The molecule has 0 unspecified atom stereocenters. The predicted octanol–water partition coefficient (Wildman–Crippen LogP) is 4.17. The summed E-state index contributed by atoms with van der Waals surface area (Å²) in [5.41, 5.74) is 8.31. The molecule has 0 aliphatic rings. The Kier molecular flexibility index (Phi) is 4.36. The number of aromatic nitrogens is 2. The SMILES string of the molecule is Nc1ccc2nc(SCCSc3ccccc3F)[nH]c2c1. The van der Waals surface area contributed by atoms with Crippen LogP contribution in [-0.2, 0) is 0 Å². The predicted molar refractivity (Wildman–Crippen MR) is 88.4 cm³/mol. The zero-order chi connectivity index (χ0) is 14.7. The van der Waals surface area contributed by atoms with Gasteiger partial charge in [-0.05, 0) is 30.3 Å². The van der Waals surface area contributed by atoms with E-state index in [4.69, 9.17) is 5.73 Å². The number of nitrogen functional groups attached to an aromatic ring is 1. The zero-order valence-electron chi connectivity index (χ0n) is 11.2. The summed E-state index contributed by atoms with van der Waals surface area (Å²) in [5.74, 6) is 1.52. The molecular weight excluding hydrogens is 305 g/mol. The summed E-state index contributed by atoms with van der Waals surface area (Å²) in [6.45, 7) is 0. The van der Waals surface area contributed by atoms with E-state index in [0.29, 0.717) is 4.90 Å². The molecule has 6 heteroatoms. The van der Waals surface area contributed by atoms with Gasteiger partial charge in [0.25, 0.3) is 0 Å². The van der Waals surface area contributed by atoms with Crippen LogP contribution in [0.1, 0.15) is 0 Å². The second-order valence-corrected chi connectivity index (χ2v) is 6.67. The van der Waals surface area contributed by atoms with E-state index >= 15 is 0 Å². The number of halogens is 1. The van der Waals surface area contributed by atoms with Crippen molar-refractivity contribution in [2.75, 3.05) is 17.2 Å². The number of fused-ring (bicyclic) bond motifs is 1. The van der Waals surface area contributed by atoms with Gasteiger partial charge in [0.05, 0.1) is 11.0 Å². The Morgan fingerprint density at radius 3 is 2.76 bits per heavy atom. The monoisotopic (exact) mass is 319 g/mol. The molecule has 0 bridgehead atoms. The van der Waals surface area contributed by atoms with Crippen molar-refractivity contribution in [2.24, 2.45) is 0 Å². The molecule has 1 heterocycles. The van der Waals surface area contributed by atoms with Gasteiger partial charge in [-0.2, -0.15) is 0 Å². The molecular formula is C15H14FN3S2. The Morgan fingerprint density at radius 1 is 1.10 bits per heavy atom. The number of nitrogens with zero attached hydrogens (tertiary/aromatic N) is 1. The second-order valence-electron chi connectivity index (χ2n) is 4.45. The summed E-state index contributed by atoms with van der Waals surface area (Å²) in [4.78, 5) is 8.41. The minimum absolute atomic E-state index is 0.160. The maximum Gasteiger partial charge on any atom is 0.166 e. The van der Waals surface area contributed by atoms with Crippen LogP contribution in [0.15, 0.2) is 52.5 Å². The molecule has 3 rings (SSSR count). The maximum absolute atomic E-state index is 13.5. The number of aromatic amines is 1. The van der Waals surface area contributed by atoms with Crippen molar-refractivity contribution in [3.63, 3.8) is 0 Å². The number of imidazole rings is 1. The molecule has 1 aromatic heterocycles. The molecule has 108 valence electrons. The summed E-state index contributed by atoms with van der Waals surface area (Å²) in [6.07, 6.45) is 0. The first kappa shape index (κ1) is 14.3. The van der Waals surface area contributed by atoms with Crippen molar-refractivity contribution in [1.29, 1.82) is 0 Å². The highest BCUT2D eigenvalue weighted by molar-refractivity contribution is 8.02. The third-order valence-corrected chi connectivity index (χ3v) is 5.08. The van der Waals surface area contributed by atoms with Crippen LogP contribution >= 0.6 is 23.5 Å². The Labute approximate surface area is 130 Å². The van der Waals surface area contributed by atoms with E-state index in [-0.39, 0.29) is 5.82 Å². The molecule has 3 aromatic rings. The fraction of sp³-hybridized carbons (Fsp3) is 0.133. The van der Waals surface area contributed by atoms with Gasteiger partial charge in [-0.15, -0.1) is 11.8 Å². The molecule has 0 saturated carbocycles. The van der Waals surface area contributed by atoms with Gasteiger partial charge in [-0.25, -0.2) is 9.37 Å². The fourth-order valence-electron chi connectivity index (χ4n) is 1.92. The van der Waals surface area contributed by atoms with Gasteiger partial charge in [0.2, 0.25) is 0 Å². The van der Waals surface area contributed by atoms with Crippen LogP contribution in [0.3, 0.4) is 0 Å². The van der Waals surface area contributed by atoms with E-state index in [1.165, 1.54) is 17.8 Å². The molecule has 21 heavy (non-hydrogen) atoms. The summed E-state index contributed by atoms with van der Waals surface area (Å²) < 4.78 is 13.5. The van der Waals surface area contributed by atoms with Crippen LogP contribution in [0.2, 0.25) is 0 Å². The quantitative estimate of drug-likeness (QED) is 0.421. The Hall–Kier alpha value is -1.66. The molecule has 3 N–H and O–H groups in total. The van der Waals surface area contributed by atoms with Crippen LogP contribution in [0.4, 0.5) is 10.1 Å². The number of hydrogen-bond acceptors (Lipinski definition) is 4. The van der Waals surface area contributed by atoms with Crippen molar-refractivity contribution in [3.8, 4) is 0 Å². The van der Waals surface area contributed by atoms with Gasteiger partial charge in [0.1, 0.15) is 5.82 Å². The lowest BCUT2D eigenvalue weighted by Crippen LogP contribution is -1.87. The molecule has 0 aliphatic carbocycles. The smallest absolute Gasteiger partial charge is 0.166 e. The highest BCUT2D eigenvalue weighted by atomic mass is 32.2. The zero-order valence-corrected chi connectivity index (χ0v) is 12.8. The average Bonchev–Trinajstić information content (AvgIpc) is 2.87. The third kappa shape index (κ3) is 3.51. The number of anilines is 1. The number of benzene rings is 2. The number of nitrogens with one attached hydrogen (secondary N) is 1. The first-order valence-electron chi connectivity index (χ1n) is 6.48. The van der Waals surface area contributed by atoms with E-state index in [1.54, 1.807) is 23.9 Å². The minimum Gasteiger partial charge on any atom is -0.399 e. The highest BCUT2D eigenvalue weighted by Gasteiger charge is 2.05. The largest absolute Gasteiger partial charge is 0.399 e. The molecule has 0 fully saturated rings. The minimum atomic E-state index is -0.160. The van der Waals surface area contributed by atoms with Crippen molar-refractivity contribution in [3.05, 3.63) is 48.3 Å². The summed E-state index contributed by atoms with van der Waals surface area (Å²) in [7, 11) is 0. The number of rotatable bonds is 5. The van der Waals surface area contributed by atoms with E-state index in [0.717, 1.165) is 33.4 Å². The first-order valence-corrected chi connectivity index (χ1v) is 8.45. The third-order valence-electron chi connectivity index (χ3n) is 2.90. The van der Waals surface area contributed by atoms with Crippen LogP contribution < -0.4 is 5.73 Å². The molecule has 0 amide bonds. The van der Waals surface area contributed by atoms with Gasteiger partial charge in [-0.3, -0.25) is 0 Å². The summed E-state index contributed by atoms with van der Waals surface area (Å²) in [6, 6.07) is 12.5. The van der Waals surface area contributed by atoms with Crippen molar-refractivity contribution in [2.45, 2.75) is 10.1 Å². The van der Waals surface area contributed by atoms with Crippen LogP contribution in [-0.4, -0.2) is 21.5 Å². The van der Waals surface area contributed by atoms with E-state index in [2.05, 4.69) is 9.97 Å². The Morgan fingerprint density at radius 2 is 1.90 bits per heavy atom. The van der Waals surface area contributed by atoms with E-state index in [1.807, 2.05) is 24.3 Å². The number of H-pyrrole nitrogens is 1.